The second-order valence-corrected chi connectivity index (χ2v) is 11.3. The Balaban J connectivity index is 1.76. The molecule has 1 aliphatic heterocycles. The van der Waals surface area contributed by atoms with Gasteiger partial charge in [-0.05, 0) is 49.2 Å². The number of imide groups is 1. The minimum absolute atomic E-state index is 0.0109. The van der Waals surface area contributed by atoms with E-state index in [1.54, 1.807) is 0 Å². The number of nitrogens with zero attached hydrogens (tertiary/aromatic N) is 3. The average Bonchev–Trinajstić information content (AvgIpc) is 3.02. The van der Waals surface area contributed by atoms with Gasteiger partial charge in [0.1, 0.15) is 0 Å². The van der Waals surface area contributed by atoms with Gasteiger partial charge in [0.15, 0.2) is 0 Å². The van der Waals surface area contributed by atoms with E-state index in [9.17, 15) is 24.5 Å². The molecule has 34 heavy (non-hydrogen) atoms. The molecule has 0 spiro atoms. The molecule has 1 saturated heterocycles. The lowest BCUT2D eigenvalue weighted by atomic mass is 9.81. The van der Waals surface area contributed by atoms with Crippen LogP contribution in [0, 0.1) is 22.0 Å². The molecule has 8 nitrogen and oxygen atoms in total. The van der Waals surface area contributed by atoms with Crippen molar-refractivity contribution in [2.24, 2.45) is 11.8 Å². The highest BCUT2D eigenvalue weighted by atomic mass is 79.9. The highest BCUT2D eigenvalue weighted by molar-refractivity contribution is 9.12. The third-order valence-electron chi connectivity index (χ3n) is 6.02. The molecule has 0 unspecified atom stereocenters. The van der Waals surface area contributed by atoms with E-state index >= 15 is 0 Å². The summed E-state index contributed by atoms with van der Waals surface area (Å²) in [7, 11) is 0. The zero-order valence-corrected chi connectivity index (χ0v) is 22.1. The maximum atomic E-state index is 13.5. The van der Waals surface area contributed by atoms with E-state index in [2.05, 4.69) is 31.9 Å². The smallest absolute Gasteiger partial charge is 0.272 e. The van der Waals surface area contributed by atoms with Crippen LogP contribution in [0.15, 0.2) is 42.5 Å². The lowest BCUT2D eigenvalue weighted by molar-refractivity contribution is -0.385. The molecular formula is C22H17Br2Cl2N3O5. The summed E-state index contributed by atoms with van der Waals surface area (Å²) in [4.78, 5) is 51.3. The van der Waals surface area contributed by atoms with Crippen LogP contribution >= 0.6 is 55.1 Å². The summed E-state index contributed by atoms with van der Waals surface area (Å²) in [5.74, 6) is -2.85. The van der Waals surface area contributed by atoms with Crippen LogP contribution in [0.1, 0.15) is 28.8 Å². The normalized spacial score (nSPS) is 24.2. The minimum Gasteiger partial charge on any atom is -0.272 e. The topological polar surface area (TPSA) is 101 Å². The van der Waals surface area contributed by atoms with Crippen LogP contribution in [-0.4, -0.2) is 42.3 Å². The van der Waals surface area contributed by atoms with Crippen LogP contribution in [0.4, 0.5) is 5.69 Å². The van der Waals surface area contributed by atoms with Crippen LogP contribution in [0.25, 0.3) is 0 Å². The van der Waals surface area contributed by atoms with Crippen molar-refractivity contribution in [2.75, 3.05) is 0 Å². The second kappa shape index (κ2) is 9.93. The van der Waals surface area contributed by atoms with Crippen molar-refractivity contribution in [3.8, 4) is 0 Å². The minimum atomic E-state index is -0.660. The summed E-state index contributed by atoms with van der Waals surface area (Å²) < 4.78 is 0. The van der Waals surface area contributed by atoms with Gasteiger partial charge in [0, 0.05) is 31.3 Å². The fourth-order valence-electron chi connectivity index (χ4n) is 4.29. The molecule has 0 aromatic heterocycles. The van der Waals surface area contributed by atoms with Crippen molar-refractivity contribution in [2.45, 2.75) is 29.0 Å². The summed E-state index contributed by atoms with van der Waals surface area (Å²) in [6.07, 6.45) is 0.845. The lowest BCUT2D eigenvalue weighted by Gasteiger charge is -2.30. The van der Waals surface area contributed by atoms with Gasteiger partial charge in [-0.3, -0.25) is 24.5 Å². The number of benzene rings is 2. The molecule has 178 valence electrons. The summed E-state index contributed by atoms with van der Waals surface area (Å²) in [5, 5.41) is 14.0. The van der Waals surface area contributed by atoms with E-state index in [-0.39, 0.29) is 38.0 Å². The monoisotopic (exact) mass is 631 g/mol. The lowest BCUT2D eigenvalue weighted by Crippen LogP contribution is -2.49. The SMILES string of the molecule is O=C(c1ccc(Cl)cc1)N(Cc1ccc(Cl)cc1[N+](=O)[O-])N1C(=O)[C@@H]2C[C@@H](Br)[C@@H](Br)C[C@H]2C1=O. The summed E-state index contributed by atoms with van der Waals surface area (Å²) in [5.41, 5.74) is -0.0175. The van der Waals surface area contributed by atoms with Gasteiger partial charge in [-0.15, -0.1) is 0 Å². The van der Waals surface area contributed by atoms with Crippen LogP contribution in [0.2, 0.25) is 10.0 Å². The summed E-state index contributed by atoms with van der Waals surface area (Å²) in [6.45, 7) is -0.374. The van der Waals surface area contributed by atoms with Gasteiger partial charge < -0.3 is 0 Å². The number of nitro groups is 1. The summed E-state index contributed by atoms with van der Waals surface area (Å²) >= 11 is 19.0. The molecule has 12 heteroatoms. The number of hydrogen-bond donors (Lipinski definition) is 0. The molecule has 2 aliphatic rings. The predicted octanol–water partition coefficient (Wildman–Crippen LogP) is 5.38. The van der Waals surface area contributed by atoms with Crippen LogP contribution in [0.3, 0.4) is 0 Å². The first-order valence-corrected chi connectivity index (χ1v) is 12.8. The molecule has 0 radical (unpaired) electrons. The van der Waals surface area contributed by atoms with Gasteiger partial charge in [0.25, 0.3) is 23.4 Å². The summed E-state index contributed by atoms with van der Waals surface area (Å²) in [6, 6.07) is 9.98. The van der Waals surface area contributed by atoms with Gasteiger partial charge in [0.2, 0.25) is 0 Å². The number of hydrogen-bond acceptors (Lipinski definition) is 5. The van der Waals surface area contributed by atoms with Gasteiger partial charge in [-0.25, -0.2) is 5.01 Å². The molecule has 0 bridgehead atoms. The highest BCUT2D eigenvalue weighted by Crippen LogP contribution is 2.44. The molecule has 2 fully saturated rings. The molecule has 2 aromatic rings. The first-order chi connectivity index (χ1) is 16.1. The molecule has 1 aliphatic carbocycles. The number of hydrazine groups is 1. The van der Waals surface area contributed by atoms with E-state index in [0.717, 1.165) is 10.0 Å². The third-order valence-corrected chi connectivity index (χ3v) is 9.24. The quantitative estimate of drug-likeness (QED) is 0.190. The van der Waals surface area contributed by atoms with Gasteiger partial charge in [0.05, 0.1) is 28.9 Å². The molecular weight excluding hydrogens is 617 g/mol. The van der Waals surface area contributed by atoms with Crippen molar-refractivity contribution >= 4 is 78.5 Å². The predicted molar refractivity (Wildman–Crippen MR) is 133 cm³/mol. The second-order valence-electron chi connectivity index (χ2n) is 8.10. The molecule has 4 rings (SSSR count). The van der Waals surface area contributed by atoms with Crippen molar-refractivity contribution in [1.29, 1.82) is 0 Å². The Kier molecular flexibility index (Phi) is 7.33. The Morgan fingerprint density at radius 3 is 2.06 bits per heavy atom. The van der Waals surface area contributed by atoms with Crippen molar-refractivity contribution in [3.05, 3.63) is 73.8 Å². The Morgan fingerprint density at radius 2 is 1.53 bits per heavy atom. The van der Waals surface area contributed by atoms with E-state index in [4.69, 9.17) is 23.2 Å². The standard InChI is InChI=1S/C22H17Br2Cl2N3O5/c23-17-8-15-16(9-18(17)24)22(32)28(21(15)31)27(20(30)11-1-4-13(25)5-2-11)10-12-3-6-14(26)7-19(12)29(33)34/h1-7,15-18H,8-10H2/t15-,16-,17-,18+/m1/s1. The van der Waals surface area contributed by atoms with Crippen molar-refractivity contribution in [1.82, 2.24) is 10.0 Å². The fraction of sp³-hybridized carbons (Fsp3) is 0.318. The molecule has 2 aromatic carbocycles. The molecule has 0 N–H and O–H groups in total. The maximum absolute atomic E-state index is 13.5. The molecule has 1 saturated carbocycles. The van der Waals surface area contributed by atoms with E-state index in [1.807, 2.05) is 0 Å². The zero-order valence-electron chi connectivity index (χ0n) is 17.4. The van der Waals surface area contributed by atoms with Crippen molar-refractivity contribution in [3.63, 3.8) is 0 Å². The van der Waals surface area contributed by atoms with Gasteiger partial charge in [-0.1, -0.05) is 55.1 Å². The maximum Gasteiger partial charge on any atom is 0.275 e. The number of alkyl halides is 2. The third kappa shape index (κ3) is 4.73. The number of carbonyl (C=O) groups is 3. The van der Waals surface area contributed by atoms with Crippen molar-refractivity contribution < 1.29 is 19.3 Å². The Morgan fingerprint density at radius 1 is 1.00 bits per heavy atom. The largest absolute Gasteiger partial charge is 0.275 e. The van der Waals surface area contributed by atoms with E-state index in [1.165, 1.54) is 42.5 Å². The number of fused-ring (bicyclic) bond motifs is 1. The fourth-order valence-corrected chi connectivity index (χ4v) is 5.82. The number of amides is 3. The highest BCUT2D eigenvalue weighted by Gasteiger charge is 2.54. The first kappa shape index (κ1) is 25.1. The molecule has 3 amide bonds. The molecule has 1 heterocycles. The Labute approximate surface area is 221 Å². The average molecular weight is 634 g/mol. The number of rotatable bonds is 5. The van der Waals surface area contributed by atoms with Gasteiger partial charge >= 0.3 is 0 Å². The zero-order chi connectivity index (χ0) is 24.7. The van der Waals surface area contributed by atoms with E-state index in [0.29, 0.717) is 17.9 Å². The Hall–Kier alpha value is -2.01. The number of carbonyl (C=O) groups excluding carboxylic acids is 3. The van der Waals surface area contributed by atoms with Crippen LogP contribution in [0.5, 0.6) is 0 Å². The Bertz CT molecular complexity index is 1150. The van der Waals surface area contributed by atoms with Crippen LogP contribution < -0.4 is 0 Å². The van der Waals surface area contributed by atoms with E-state index < -0.39 is 34.5 Å². The first-order valence-electron chi connectivity index (χ1n) is 10.2. The van der Waals surface area contributed by atoms with Crippen LogP contribution in [-0.2, 0) is 16.1 Å². The number of nitro benzene ring substituents is 1. The number of halogens is 4. The van der Waals surface area contributed by atoms with Gasteiger partial charge in [-0.2, -0.15) is 5.01 Å². The molecule has 4 atom stereocenters.